The number of benzene rings is 1. The number of nitrogens with zero attached hydrogens (tertiary/aromatic N) is 1. The second kappa shape index (κ2) is 5.98. The molecule has 0 aliphatic rings. The van der Waals surface area contributed by atoms with Gasteiger partial charge < -0.3 is 5.32 Å². The highest BCUT2D eigenvalue weighted by Gasteiger charge is 2.21. The third kappa shape index (κ3) is 3.17. The molecule has 3 rings (SSSR count). The van der Waals surface area contributed by atoms with E-state index in [2.05, 4.69) is 15.5 Å². The van der Waals surface area contributed by atoms with Crippen molar-refractivity contribution in [2.75, 3.05) is 5.32 Å². The molecule has 1 amide bonds. The fourth-order valence-electron chi connectivity index (χ4n) is 1.96. The van der Waals surface area contributed by atoms with E-state index in [-0.39, 0.29) is 9.10 Å². The fourth-order valence-corrected chi connectivity index (χ4v) is 4.59. The number of nitrogens with one attached hydrogen (secondary N) is 2. The Kier molecular flexibility index (Phi) is 4.01. The van der Waals surface area contributed by atoms with Gasteiger partial charge in [-0.25, -0.2) is 8.42 Å². The summed E-state index contributed by atoms with van der Waals surface area (Å²) in [5, 5.41) is 9.25. The highest BCUT2D eigenvalue weighted by molar-refractivity contribution is 7.93. The van der Waals surface area contributed by atoms with Crippen LogP contribution < -0.4 is 5.32 Å². The van der Waals surface area contributed by atoms with Crippen LogP contribution >= 0.6 is 11.3 Å². The molecule has 0 spiro atoms. The summed E-state index contributed by atoms with van der Waals surface area (Å²) >= 11 is 0.931. The van der Waals surface area contributed by atoms with E-state index in [1.165, 1.54) is 24.3 Å². The smallest absolute Gasteiger partial charge is 0.266 e. The quantitative estimate of drug-likeness (QED) is 0.759. The van der Waals surface area contributed by atoms with Crippen molar-refractivity contribution in [2.45, 2.75) is 16.0 Å². The second-order valence-electron chi connectivity index (χ2n) is 4.83. The number of sulfone groups is 1. The van der Waals surface area contributed by atoms with Gasteiger partial charge in [0.25, 0.3) is 5.91 Å². The van der Waals surface area contributed by atoms with Crippen LogP contribution in [0.15, 0.2) is 57.6 Å². The van der Waals surface area contributed by atoms with E-state index in [1.807, 2.05) is 6.92 Å². The molecule has 2 aromatic heterocycles. The molecule has 0 unspecified atom stereocenters. The Bertz CT molecular complexity index is 943. The minimum absolute atomic E-state index is 0.132. The lowest BCUT2D eigenvalue weighted by Gasteiger charge is -2.01. The summed E-state index contributed by atoms with van der Waals surface area (Å²) in [5.41, 5.74) is 0.818. The summed E-state index contributed by atoms with van der Waals surface area (Å²) in [4.78, 5) is 12.7. The second-order valence-corrected chi connectivity index (χ2v) is 8.09. The Balaban J connectivity index is 1.84. The van der Waals surface area contributed by atoms with E-state index in [0.717, 1.165) is 17.0 Å². The van der Waals surface area contributed by atoms with Crippen molar-refractivity contribution in [3.05, 3.63) is 59.1 Å². The maximum atomic E-state index is 12.5. The molecule has 0 bridgehead atoms. The summed E-state index contributed by atoms with van der Waals surface area (Å²) < 4.78 is 25.1. The van der Waals surface area contributed by atoms with Gasteiger partial charge in [0.05, 0.1) is 9.77 Å². The highest BCUT2D eigenvalue weighted by Crippen LogP contribution is 2.28. The van der Waals surface area contributed by atoms with E-state index >= 15 is 0 Å². The predicted molar refractivity (Wildman–Crippen MR) is 87.5 cm³/mol. The van der Waals surface area contributed by atoms with Crippen molar-refractivity contribution in [1.82, 2.24) is 10.2 Å². The molecular formula is C15H13N3O3S2. The Labute approximate surface area is 137 Å². The first-order valence-electron chi connectivity index (χ1n) is 6.70. The largest absolute Gasteiger partial charge is 0.304 e. The normalized spacial score (nSPS) is 11.3. The number of hydrogen-bond donors (Lipinski definition) is 2. The van der Waals surface area contributed by atoms with Crippen LogP contribution in [0.5, 0.6) is 0 Å². The summed E-state index contributed by atoms with van der Waals surface area (Å²) in [6.07, 6.45) is 0. The van der Waals surface area contributed by atoms with Crippen molar-refractivity contribution in [1.29, 1.82) is 0 Å². The molecular weight excluding hydrogens is 334 g/mol. The van der Waals surface area contributed by atoms with Gasteiger partial charge in [-0.1, -0.05) is 18.2 Å². The molecule has 1 aromatic carbocycles. The van der Waals surface area contributed by atoms with Crippen molar-refractivity contribution in [3.8, 4) is 0 Å². The van der Waals surface area contributed by atoms with Crippen LogP contribution in [-0.2, 0) is 9.84 Å². The minimum atomic E-state index is -3.60. The number of carbonyl (C=O) groups is 1. The van der Waals surface area contributed by atoms with Gasteiger partial charge in [-0.2, -0.15) is 5.10 Å². The van der Waals surface area contributed by atoms with Crippen LogP contribution in [0.2, 0.25) is 0 Å². The van der Waals surface area contributed by atoms with Gasteiger partial charge in [0.1, 0.15) is 4.21 Å². The molecule has 8 heteroatoms. The lowest BCUT2D eigenvalue weighted by atomic mass is 10.4. The lowest BCUT2D eigenvalue weighted by Crippen LogP contribution is -2.10. The molecule has 3 aromatic rings. The molecule has 0 aliphatic carbocycles. The summed E-state index contributed by atoms with van der Waals surface area (Å²) in [7, 11) is -3.60. The first-order chi connectivity index (χ1) is 11.0. The molecule has 0 fully saturated rings. The molecule has 2 N–H and O–H groups in total. The SMILES string of the molecule is Cc1cc(NC(=O)c2ccc(S(=O)(=O)c3ccccc3)s2)n[nH]1. The Hall–Kier alpha value is -2.45. The zero-order valence-corrected chi connectivity index (χ0v) is 13.7. The summed E-state index contributed by atoms with van der Waals surface area (Å²) in [6.45, 7) is 1.82. The molecule has 118 valence electrons. The highest BCUT2D eigenvalue weighted by atomic mass is 32.2. The van der Waals surface area contributed by atoms with E-state index in [0.29, 0.717) is 10.7 Å². The number of H-pyrrole nitrogens is 1. The average Bonchev–Trinajstić information content (AvgIpc) is 3.18. The van der Waals surface area contributed by atoms with Crippen molar-refractivity contribution >= 4 is 32.9 Å². The van der Waals surface area contributed by atoms with Gasteiger partial charge in [-0.15, -0.1) is 11.3 Å². The van der Waals surface area contributed by atoms with E-state index in [1.54, 1.807) is 24.3 Å². The van der Waals surface area contributed by atoms with Crippen LogP contribution in [0.25, 0.3) is 0 Å². The zero-order valence-electron chi connectivity index (χ0n) is 12.1. The van der Waals surface area contributed by atoms with Crippen molar-refractivity contribution in [3.63, 3.8) is 0 Å². The number of rotatable bonds is 4. The molecule has 0 saturated carbocycles. The number of aromatic nitrogens is 2. The van der Waals surface area contributed by atoms with Gasteiger partial charge in [-0.05, 0) is 31.2 Å². The van der Waals surface area contributed by atoms with Gasteiger partial charge >= 0.3 is 0 Å². The van der Waals surface area contributed by atoms with Crippen LogP contribution in [-0.4, -0.2) is 24.5 Å². The van der Waals surface area contributed by atoms with Crippen LogP contribution in [0.4, 0.5) is 5.82 Å². The molecule has 23 heavy (non-hydrogen) atoms. The van der Waals surface area contributed by atoms with Gasteiger partial charge in [-0.3, -0.25) is 9.89 Å². The number of carbonyl (C=O) groups excluding carboxylic acids is 1. The number of aryl methyl sites for hydroxylation is 1. The third-order valence-corrected chi connectivity index (χ3v) is 6.42. The zero-order chi connectivity index (χ0) is 16.4. The van der Waals surface area contributed by atoms with Gasteiger partial charge in [0.15, 0.2) is 5.82 Å². The Morgan fingerprint density at radius 3 is 2.57 bits per heavy atom. The lowest BCUT2D eigenvalue weighted by molar-refractivity contribution is 0.103. The van der Waals surface area contributed by atoms with Gasteiger partial charge in [0.2, 0.25) is 9.84 Å². The maximum absolute atomic E-state index is 12.5. The van der Waals surface area contributed by atoms with Crippen LogP contribution in [0.3, 0.4) is 0 Å². The molecule has 0 atom stereocenters. The summed E-state index contributed by atoms with van der Waals surface area (Å²) in [5.74, 6) is 0.00405. The standard InChI is InChI=1S/C15H13N3O3S2/c1-10-9-13(18-17-10)16-15(19)12-7-8-14(22-12)23(20,21)11-5-3-2-4-6-11/h2-9H,1H3,(H2,16,17,18,19). The fraction of sp³-hybridized carbons (Fsp3) is 0.0667. The topological polar surface area (TPSA) is 91.9 Å². The molecule has 0 saturated heterocycles. The molecule has 0 aliphatic heterocycles. The molecule has 2 heterocycles. The molecule has 0 radical (unpaired) electrons. The Morgan fingerprint density at radius 1 is 1.17 bits per heavy atom. The Morgan fingerprint density at radius 2 is 1.91 bits per heavy atom. The first kappa shape index (κ1) is 15.4. The van der Waals surface area contributed by atoms with Crippen molar-refractivity contribution in [2.24, 2.45) is 0 Å². The van der Waals surface area contributed by atoms with E-state index in [9.17, 15) is 13.2 Å². The first-order valence-corrected chi connectivity index (χ1v) is 9.00. The average molecular weight is 347 g/mol. The van der Waals surface area contributed by atoms with Crippen LogP contribution in [0, 0.1) is 6.92 Å². The number of amides is 1. The summed E-state index contributed by atoms with van der Waals surface area (Å²) in [6, 6.07) is 12.8. The minimum Gasteiger partial charge on any atom is -0.304 e. The van der Waals surface area contributed by atoms with E-state index in [4.69, 9.17) is 0 Å². The van der Waals surface area contributed by atoms with Crippen molar-refractivity contribution < 1.29 is 13.2 Å². The number of anilines is 1. The number of thiophene rings is 1. The number of hydrogen-bond acceptors (Lipinski definition) is 5. The predicted octanol–water partition coefficient (Wildman–Crippen LogP) is 2.86. The monoisotopic (exact) mass is 347 g/mol. The maximum Gasteiger partial charge on any atom is 0.266 e. The molecule has 6 nitrogen and oxygen atoms in total. The third-order valence-electron chi connectivity index (χ3n) is 3.07. The van der Waals surface area contributed by atoms with E-state index < -0.39 is 15.7 Å². The van der Waals surface area contributed by atoms with Crippen LogP contribution in [0.1, 0.15) is 15.4 Å². The van der Waals surface area contributed by atoms with Gasteiger partial charge in [0, 0.05) is 11.8 Å². The number of aromatic amines is 1.